The Bertz CT molecular complexity index is 1370. The number of hydrogen-bond acceptors (Lipinski definition) is 0. The number of hydrogen-bond donors (Lipinski definition) is 0. The second kappa shape index (κ2) is 5.27. The molecule has 0 N–H and O–H groups in total. The van der Waals surface area contributed by atoms with E-state index >= 15 is 0 Å². The maximum Gasteiger partial charge on any atom is 0.0688 e. The van der Waals surface area contributed by atoms with Crippen LogP contribution in [0.2, 0.25) is 0 Å². The summed E-state index contributed by atoms with van der Waals surface area (Å²) >= 11 is 0. The molecule has 4 aliphatic rings. The molecule has 7 rings (SSSR count). The molecule has 0 heterocycles. The fourth-order valence-electron chi connectivity index (χ4n) is 6.53. The zero-order valence-electron chi connectivity index (χ0n) is 16.6. The van der Waals surface area contributed by atoms with Crippen LogP contribution < -0.4 is 0 Å². The highest BCUT2D eigenvalue weighted by Gasteiger charge is 2.52. The van der Waals surface area contributed by atoms with Crippen LogP contribution >= 0.6 is 0 Å². The van der Waals surface area contributed by atoms with Crippen molar-refractivity contribution < 1.29 is 0 Å². The van der Waals surface area contributed by atoms with Crippen LogP contribution in [0.25, 0.3) is 21.9 Å². The number of allylic oxidation sites excluding steroid dienone is 8. The van der Waals surface area contributed by atoms with Crippen LogP contribution in [0.4, 0.5) is 0 Å². The Morgan fingerprint density at radius 2 is 1.76 bits per heavy atom. The summed E-state index contributed by atoms with van der Waals surface area (Å²) in [5.74, 6) is 0. The van der Waals surface area contributed by atoms with Gasteiger partial charge < -0.3 is 0 Å². The van der Waals surface area contributed by atoms with E-state index in [2.05, 4.69) is 85.8 Å². The van der Waals surface area contributed by atoms with Gasteiger partial charge in [0.1, 0.15) is 0 Å². The standard InChI is InChI=1S/C29H22/c1-18-21-13-7-10-19-8-6-9-20-16-17-24-23-12-3-5-15-26(23)29(18,28(24)27(19)20)25-14-4-2-11-22(21)25/h2,4-9,11,13-17H,3,10,12H2,1H3/b13-7-. The van der Waals surface area contributed by atoms with Crippen molar-refractivity contribution >= 4 is 21.9 Å². The third-order valence-corrected chi connectivity index (χ3v) is 7.62. The highest BCUT2D eigenvalue weighted by Crippen LogP contribution is 2.64. The van der Waals surface area contributed by atoms with Crippen LogP contribution in [0.5, 0.6) is 0 Å². The van der Waals surface area contributed by atoms with Crippen LogP contribution in [0.15, 0.2) is 90.0 Å². The average Bonchev–Trinajstić information content (AvgIpc) is 3.22. The fraction of sp³-hybridized carbons (Fsp3) is 0.172. The van der Waals surface area contributed by atoms with E-state index in [1.165, 1.54) is 49.7 Å². The van der Waals surface area contributed by atoms with Crippen LogP contribution in [0.1, 0.15) is 47.6 Å². The average molecular weight is 370 g/mol. The largest absolute Gasteiger partial charge is 0.0839 e. The highest BCUT2D eigenvalue weighted by molar-refractivity contribution is 6.05. The Labute approximate surface area is 171 Å². The first-order valence-corrected chi connectivity index (χ1v) is 10.7. The van der Waals surface area contributed by atoms with Gasteiger partial charge in [0.15, 0.2) is 0 Å². The molecule has 0 saturated carbocycles. The maximum atomic E-state index is 2.44. The van der Waals surface area contributed by atoms with Gasteiger partial charge in [-0.3, -0.25) is 0 Å². The third kappa shape index (κ3) is 1.69. The lowest BCUT2D eigenvalue weighted by molar-refractivity contribution is 0.761. The molecule has 1 unspecified atom stereocenters. The minimum Gasteiger partial charge on any atom is -0.0839 e. The van der Waals surface area contributed by atoms with Crippen molar-refractivity contribution in [3.05, 3.63) is 118 Å². The van der Waals surface area contributed by atoms with E-state index in [9.17, 15) is 0 Å². The molecule has 0 fully saturated rings. The molecule has 2 bridgehead atoms. The second-order valence-electron chi connectivity index (χ2n) is 8.78. The first-order chi connectivity index (χ1) is 14.3. The summed E-state index contributed by atoms with van der Waals surface area (Å²) < 4.78 is 0. The molecular weight excluding hydrogens is 348 g/mol. The molecule has 3 aromatic carbocycles. The smallest absolute Gasteiger partial charge is 0.0688 e. The normalized spacial score (nSPS) is 24.3. The molecule has 1 spiro atoms. The van der Waals surface area contributed by atoms with Gasteiger partial charge in [0, 0.05) is 0 Å². The van der Waals surface area contributed by atoms with Crippen molar-refractivity contribution in [2.24, 2.45) is 0 Å². The molecule has 0 nitrogen and oxygen atoms in total. The molecule has 0 heteroatoms. The molecule has 138 valence electrons. The van der Waals surface area contributed by atoms with Crippen molar-refractivity contribution in [2.75, 3.05) is 0 Å². The Hall–Kier alpha value is -3.12. The highest BCUT2D eigenvalue weighted by atomic mass is 14.5. The predicted octanol–water partition coefficient (Wildman–Crippen LogP) is 7.14. The Morgan fingerprint density at radius 1 is 0.828 bits per heavy atom. The van der Waals surface area contributed by atoms with E-state index in [0.29, 0.717) is 0 Å². The topological polar surface area (TPSA) is 0 Å². The van der Waals surface area contributed by atoms with Crippen molar-refractivity contribution in [3.8, 4) is 0 Å². The summed E-state index contributed by atoms with van der Waals surface area (Å²) in [4.78, 5) is 0. The zero-order chi connectivity index (χ0) is 19.2. The predicted molar refractivity (Wildman–Crippen MR) is 122 cm³/mol. The van der Waals surface area contributed by atoms with Gasteiger partial charge in [-0.2, -0.15) is 0 Å². The lowest BCUT2D eigenvalue weighted by Crippen LogP contribution is -2.28. The number of fused-ring (bicyclic) bond motifs is 3. The maximum absolute atomic E-state index is 2.44. The minimum atomic E-state index is -0.141. The SMILES string of the molecule is CC1=C2/C=C\Cc3cccc4ccc5c(c34)C1(C1=C5CCC=C1)c1ccccc12. The van der Waals surface area contributed by atoms with Crippen LogP contribution in [0.3, 0.4) is 0 Å². The number of rotatable bonds is 0. The molecule has 4 aliphatic carbocycles. The Balaban J connectivity index is 1.79. The number of benzene rings is 3. The second-order valence-corrected chi connectivity index (χ2v) is 8.78. The van der Waals surface area contributed by atoms with Gasteiger partial charge in [0.25, 0.3) is 0 Å². The summed E-state index contributed by atoms with van der Waals surface area (Å²) in [6.45, 7) is 2.38. The summed E-state index contributed by atoms with van der Waals surface area (Å²) in [6, 6.07) is 20.7. The summed E-state index contributed by atoms with van der Waals surface area (Å²) in [5.41, 5.74) is 13.2. The van der Waals surface area contributed by atoms with Crippen molar-refractivity contribution in [3.63, 3.8) is 0 Å². The van der Waals surface area contributed by atoms with E-state index < -0.39 is 0 Å². The first kappa shape index (κ1) is 15.8. The molecule has 0 radical (unpaired) electrons. The lowest BCUT2D eigenvalue weighted by Gasteiger charge is -2.34. The quantitative estimate of drug-likeness (QED) is 0.394. The molecule has 0 aromatic heterocycles. The summed E-state index contributed by atoms with van der Waals surface area (Å²) in [6.07, 6.45) is 12.9. The fourth-order valence-corrected chi connectivity index (χ4v) is 6.53. The molecule has 3 aromatic rings. The molecule has 0 aliphatic heterocycles. The van der Waals surface area contributed by atoms with Gasteiger partial charge in [0.2, 0.25) is 0 Å². The van der Waals surface area contributed by atoms with Gasteiger partial charge in [-0.1, -0.05) is 78.9 Å². The first-order valence-electron chi connectivity index (χ1n) is 10.7. The van der Waals surface area contributed by atoms with Gasteiger partial charge >= 0.3 is 0 Å². The molecule has 0 saturated heterocycles. The lowest BCUT2D eigenvalue weighted by atomic mass is 9.67. The van der Waals surface area contributed by atoms with Crippen molar-refractivity contribution in [2.45, 2.75) is 31.6 Å². The Kier molecular flexibility index (Phi) is 2.87. The van der Waals surface area contributed by atoms with Crippen LogP contribution in [-0.4, -0.2) is 0 Å². The molecular formula is C29H22. The van der Waals surface area contributed by atoms with Crippen LogP contribution in [0, 0.1) is 0 Å². The van der Waals surface area contributed by atoms with Crippen molar-refractivity contribution in [1.29, 1.82) is 0 Å². The monoisotopic (exact) mass is 370 g/mol. The van der Waals surface area contributed by atoms with E-state index in [1.54, 1.807) is 11.1 Å². The van der Waals surface area contributed by atoms with Crippen molar-refractivity contribution in [1.82, 2.24) is 0 Å². The van der Waals surface area contributed by atoms with E-state index in [1.807, 2.05) is 0 Å². The summed E-state index contributed by atoms with van der Waals surface area (Å²) in [5, 5.41) is 2.85. The molecule has 1 atom stereocenters. The van der Waals surface area contributed by atoms with Gasteiger partial charge in [0.05, 0.1) is 5.41 Å². The molecule has 29 heavy (non-hydrogen) atoms. The van der Waals surface area contributed by atoms with Gasteiger partial charge in [-0.05, 0) is 87.1 Å². The summed E-state index contributed by atoms with van der Waals surface area (Å²) in [7, 11) is 0. The van der Waals surface area contributed by atoms with E-state index in [4.69, 9.17) is 0 Å². The van der Waals surface area contributed by atoms with E-state index in [0.717, 1.165) is 19.3 Å². The zero-order valence-corrected chi connectivity index (χ0v) is 16.6. The third-order valence-electron chi connectivity index (χ3n) is 7.62. The Morgan fingerprint density at radius 3 is 2.72 bits per heavy atom. The van der Waals surface area contributed by atoms with E-state index in [-0.39, 0.29) is 5.41 Å². The molecule has 0 amide bonds. The minimum absolute atomic E-state index is 0.141. The van der Waals surface area contributed by atoms with Crippen LogP contribution in [-0.2, 0) is 11.8 Å². The van der Waals surface area contributed by atoms with Gasteiger partial charge in [-0.15, -0.1) is 0 Å². The van der Waals surface area contributed by atoms with Gasteiger partial charge in [-0.25, -0.2) is 0 Å².